The van der Waals surface area contributed by atoms with Gasteiger partial charge in [-0.3, -0.25) is 0 Å². The molecule has 0 bridgehead atoms. The molecule has 1 aliphatic rings. The number of carbonyl (C=O) groups is 1. The van der Waals surface area contributed by atoms with Crippen molar-refractivity contribution in [2.24, 2.45) is 0 Å². The summed E-state index contributed by atoms with van der Waals surface area (Å²) in [7, 11) is 4.01. The number of carbonyl (C=O) groups excluding carboxylic acids is 1. The molecule has 0 radical (unpaired) electrons. The summed E-state index contributed by atoms with van der Waals surface area (Å²) in [5.74, 6) is 0. The summed E-state index contributed by atoms with van der Waals surface area (Å²) in [5.41, 5.74) is 5.81. The topological polar surface area (TPSA) is 38.8 Å². The predicted molar refractivity (Wildman–Crippen MR) is 109 cm³/mol. The quantitative estimate of drug-likeness (QED) is 0.915. The molecule has 1 heterocycles. The van der Waals surface area contributed by atoms with Crippen LogP contribution in [0.4, 0.5) is 21.9 Å². The Labute approximate surface area is 156 Å². The van der Waals surface area contributed by atoms with E-state index in [1.54, 1.807) is 0 Å². The minimum atomic E-state index is -0.0256. The Balaban J connectivity index is 1.55. The van der Waals surface area contributed by atoms with Crippen LogP contribution >= 0.6 is 0 Å². The second kappa shape index (κ2) is 7.68. The highest BCUT2D eigenvalue weighted by atomic mass is 16.2. The molecule has 1 aliphatic heterocycles. The molecule has 5 nitrogen and oxygen atoms in total. The molecule has 2 amide bonds. The van der Waals surface area contributed by atoms with E-state index in [4.69, 9.17) is 0 Å². The van der Waals surface area contributed by atoms with Gasteiger partial charge in [0, 0.05) is 57.3 Å². The molecule has 0 aromatic heterocycles. The van der Waals surface area contributed by atoms with Gasteiger partial charge >= 0.3 is 6.03 Å². The number of nitrogens with zero attached hydrogens (tertiary/aromatic N) is 3. The van der Waals surface area contributed by atoms with Gasteiger partial charge in [0.2, 0.25) is 0 Å². The fourth-order valence-electron chi connectivity index (χ4n) is 3.14. The van der Waals surface area contributed by atoms with E-state index in [-0.39, 0.29) is 6.03 Å². The number of anilines is 3. The lowest BCUT2D eigenvalue weighted by Gasteiger charge is -2.36. The van der Waals surface area contributed by atoms with Crippen molar-refractivity contribution in [2.45, 2.75) is 13.8 Å². The van der Waals surface area contributed by atoms with Crippen molar-refractivity contribution in [3.8, 4) is 0 Å². The zero-order chi connectivity index (χ0) is 18.7. The smallest absolute Gasteiger partial charge is 0.321 e. The number of benzene rings is 2. The maximum Gasteiger partial charge on any atom is 0.321 e. The number of amides is 2. The van der Waals surface area contributed by atoms with Crippen LogP contribution < -0.4 is 15.1 Å². The molecular weight excluding hydrogens is 324 g/mol. The van der Waals surface area contributed by atoms with E-state index in [9.17, 15) is 4.79 Å². The number of aryl methyl sites for hydroxylation is 2. The van der Waals surface area contributed by atoms with Gasteiger partial charge in [0.15, 0.2) is 0 Å². The molecule has 0 saturated carbocycles. The van der Waals surface area contributed by atoms with Gasteiger partial charge in [0.05, 0.1) is 0 Å². The molecule has 1 saturated heterocycles. The summed E-state index contributed by atoms with van der Waals surface area (Å²) in [4.78, 5) is 18.8. The van der Waals surface area contributed by atoms with Gasteiger partial charge in [-0.25, -0.2) is 4.79 Å². The molecule has 1 fully saturated rings. The van der Waals surface area contributed by atoms with E-state index < -0.39 is 0 Å². The molecule has 1 N–H and O–H groups in total. The van der Waals surface area contributed by atoms with Crippen molar-refractivity contribution in [3.63, 3.8) is 0 Å². The number of hydrogen-bond acceptors (Lipinski definition) is 3. The van der Waals surface area contributed by atoms with E-state index in [1.165, 1.54) is 16.8 Å². The number of hydrogen-bond donors (Lipinski definition) is 1. The largest absolute Gasteiger partial charge is 0.378 e. The van der Waals surface area contributed by atoms with Gasteiger partial charge in [-0.15, -0.1) is 0 Å². The monoisotopic (exact) mass is 352 g/mol. The summed E-state index contributed by atoms with van der Waals surface area (Å²) >= 11 is 0. The molecule has 0 unspecified atom stereocenters. The molecule has 2 aromatic carbocycles. The first-order valence-electron chi connectivity index (χ1n) is 9.09. The Bertz CT molecular complexity index is 762. The first-order chi connectivity index (χ1) is 12.4. The Hall–Kier alpha value is -2.69. The molecule has 26 heavy (non-hydrogen) atoms. The summed E-state index contributed by atoms with van der Waals surface area (Å²) in [6.07, 6.45) is 0. The maximum atomic E-state index is 12.5. The normalized spacial score (nSPS) is 14.3. The zero-order valence-corrected chi connectivity index (χ0v) is 16.1. The molecule has 0 aliphatic carbocycles. The summed E-state index contributed by atoms with van der Waals surface area (Å²) in [5, 5.41) is 3.00. The van der Waals surface area contributed by atoms with E-state index in [2.05, 4.69) is 42.3 Å². The second-order valence-corrected chi connectivity index (χ2v) is 7.11. The number of piperazine rings is 1. The summed E-state index contributed by atoms with van der Waals surface area (Å²) < 4.78 is 0. The van der Waals surface area contributed by atoms with Gasteiger partial charge in [0.1, 0.15) is 0 Å². The Morgan fingerprint density at radius 3 is 2.15 bits per heavy atom. The van der Waals surface area contributed by atoms with Crippen molar-refractivity contribution in [1.82, 2.24) is 4.90 Å². The third-order valence-corrected chi connectivity index (χ3v) is 5.06. The minimum Gasteiger partial charge on any atom is -0.378 e. The first kappa shape index (κ1) is 18.1. The van der Waals surface area contributed by atoms with Crippen LogP contribution in [-0.2, 0) is 0 Å². The standard InChI is InChI=1S/C21H28N4O/c1-16-5-8-20(15-17(16)2)24-11-13-25(14-12-24)21(26)22-18-6-9-19(10-7-18)23(3)4/h5-10,15H,11-14H2,1-4H3,(H,22,26). The van der Waals surface area contributed by atoms with E-state index in [1.807, 2.05) is 48.2 Å². The van der Waals surface area contributed by atoms with Crippen molar-refractivity contribution >= 4 is 23.1 Å². The van der Waals surface area contributed by atoms with Crippen LogP contribution in [0.3, 0.4) is 0 Å². The minimum absolute atomic E-state index is 0.0256. The predicted octanol–water partition coefficient (Wildman–Crippen LogP) is 3.72. The van der Waals surface area contributed by atoms with Crippen LogP contribution in [0.1, 0.15) is 11.1 Å². The van der Waals surface area contributed by atoms with E-state index in [0.717, 1.165) is 37.6 Å². The van der Waals surface area contributed by atoms with E-state index >= 15 is 0 Å². The van der Waals surface area contributed by atoms with Crippen LogP contribution in [0, 0.1) is 13.8 Å². The summed E-state index contributed by atoms with van der Waals surface area (Å²) in [6.45, 7) is 7.45. The Morgan fingerprint density at radius 2 is 1.58 bits per heavy atom. The number of nitrogens with one attached hydrogen (secondary N) is 1. The van der Waals surface area contributed by atoms with Gasteiger partial charge in [-0.2, -0.15) is 0 Å². The highest BCUT2D eigenvalue weighted by Gasteiger charge is 2.21. The van der Waals surface area contributed by atoms with Crippen molar-refractivity contribution < 1.29 is 4.79 Å². The van der Waals surface area contributed by atoms with Crippen LogP contribution in [0.15, 0.2) is 42.5 Å². The molecule has 138 valence electrons. The lowest BCUT2D eigenvalue weighted by molar-refractivity contribution is 0.208. The Kier molecular flexibility index (Phi) is 5.35. The van der Waals surface area contributed by atoms with Gasteiger partial charge in [-0.1, -0.05) is 6.07 Å². The lowest BCUT2D eigenvalue weighted by atomic mass is 10.1. The highest BCUT2D eigenvalue weighted by molar-refractivity contribution is 5.89. The van der Waals surface area contributed by atoms with Gasteiger partial charge in [0.25, 0.3) is 0 Å². The van der Waals surface area contributed by atoms with Gasteiger partial charge < -0.3 is 20.0 Å². The molecule has 0 atom stereocenters. The maximum absolute atomic E-state index is 12.5. The second-order valence-electron chi connectivity index (χ2n) is 7.11. The summed E-state index contributed by atoms with van der Waals surface area (Å²) in [6, 6.07) is 14.4. The molecule has 2 aromatic rings. The number of rotatable bonds is 3. The highest BCUT2D eigenvalue weighted by Crippen LogP contribution is 2.21. The number of urea groups is 1. The molecular formula is C21H28N4O. The van der Waals surface area contributed by atoms with Crippen molar-refractivity contribution in [1.29, 1.82) is 0 Å². The zero-order valence-electron chi connectivity index (χ0n) is 16.1. The van der Waals surface area contributed by atoms with Crippen LogP contribution in [-0.4, -0.2) is 51.2 Å². The average Bonchev–Trinajstić information content (AvgIpc) is 2.64. The third kappa shape index (κ3) is 4.10. The molecule has 3 rings (SSSR count). The van der Waals surface area contributed by atoms with Crippen molar-refractivity contribution in [2.75, 3.05) is 55.4 Å². The van der Waals surface area contributed by atoms with Gasteiger partial charge in [-0.05, 0) is 61.4 Å². The lowest BCUT2D eigenvalue weighted by Crippen LogP contribution is -2.50. The molecule has 5 heteroatoms. The van der Waals surface area contributed by atoms with Crippen molar-refractivity contribution in [3.05, 3.63) is 53.6 Å². The first-order valence-corrected chi connectivity index (χ1v) is 9.09. The van der Waals surface area contributed by atoms with Crippen LogP contribution in [0.2, 0.25) is 0 Å². The SMILES string of the molecule is Cc1ccc(N2CCN(C(=O)Nc3ccc(N(C)C)cc3)CC2)cc1C. The average molecular weight is 352 g/mol. The third-order valence-electron chi connectivity index (χ3n) is 5.06. The van der Waals surface area contributed by atoms with E-state index in [0.29, 0.717) is 0 Å². The Morgan fingerprint density at radius 1 is 0.923 bits per heavy atom. The fraction of sp³-hybridized carbons (Fsp3) is 0.381. The van der Waals surface area contributed by atoms with Crippen LogP contribution in [0.25, 0.3) is 0 Å². The molecule has 0 spiro atoms. The fourth-order valence-corrected chi connectivity index (χ4v) is 3.14. The van der Waals surface area contributed by atoms with Crippen LogP contribution in [0.5, 0.6) is 0 Å².